The van der Waals surface area contributed by atoms with Crippen LogP contribution in [0.3, 0.4) is 0 Å². The van der Waals surface area contributed by atoms with Gasteiger partial charge < -0.3 is 13.8 Å². The Labute approximate surface area is 194 Å². The Morgan fingerprint density at radius 3 is 1.27 bits per heavy atom. The molecule has 184 valence electrons. The molecule has 2 saturated heterocycles. The van der Waals surface area contributed by atoms with E-state index >= 15 is 0 Å². The fourth-order valence-electron chi connectivity index (χ4n) is 3.78. The van der Waals surface area contributed by atoms with E-state index in [-0.39, 0.29) is 38.5 Å². The maximum Gasteiger partial charge on any atom is 0.333 e. The van der Waals surface area contributed by atoms with E-state index in [9.17, 15) is 28.8 Å². The van der Waals surface area contributed by atoms with Crippen LogP contribution in [-0.4, -0.2) is 62.3 Å². The number of carbonyl (C=O) groups is 6. The summed E-state index contributed by atoms with van der Waals surface area (Å²) in [5.74, 6) is -3.23. The Morgan fingerprint density at radius 1 is 0.667 bits per heavy atom. The highest BCUT2D eigenvalue weighted by atomic mass is 28.4. The first kappa shape index (κ1) is 26.9. The van der Waals surface area contributed by atoms with E-state index < -0.39 is 52.2 Å². The summed E-state index contributed by atoms with van der Waals surface area (Å²) in [6.45, 7) is 8.22. The molecule has 2 rings (SSSR count). The van der Waals surface area contributed by atoms with E-state index in [4.69, 9.17) is 13.8 Å². The van der Waals surface area contributed by atoms with E-state index in [1.807, 2.05) is 0 Å². The zero-order chi connectivity index (χ0) is 24.8. The van der Waals surface area contributed by atoms with Crippen molar-refractivity contribution in [1.82, 2.24) is 10.1 Å². The Bertz CT molecular complexity index is 730. The maximum atomic E-state index is 12.0. The van der Waals surface area contributed by atoms with Gasteiger partial charge in [0.1, 0.15) is 0 Å². The number of rotatable bonds is 12. The van der Waals surface area contributed by atoms with Crippen LogP contribution in [-0.2, 0) is 42.6 Å². The molecule has 0 spiro atoms. The van der Waals surface area contributed by atoms with Crippen LogP contribution in [0.1, 0.15) is 51.4 Å². The van der Waals surface area contributed by atoms with Crippen molar-refractivity contribution in [3.63, 3.8) is 0 Å². The van der Waals surface area contributed by atoms with Crippen molar-refractivity contribution in [3.8, 4) is 0 Å². The number of hydrogen-bond acceptors (Lipinski definition) is 9. The quantitative estimate of drug-likeness (QED) is 0.292. The van der Waals surface area contributed by atoms with E-state index in [2.05, 4.69) is 26.2 Å². The first-order chi connectivity index (χ1) is 15.3. The van der Waals surface area contributed by atoms with Crippen LogP contribution in [0.2, 0.25) is 38.3 Å². The van der Waals surface area contributed by atoms with Gasteiger partial charge in [0.25, 0.3) is 23.6 Å². The summed E-state index contributed by atoms with van der Waals surface area (Å²) < 4.78 is 6.46. The fraction of sp³-hybridized carbons (Fsp3) is 0.700. The SMILES string of the molecule is C[Si](C)(CCCC(=O)ON1C(=O)CCC1=O)O[Si](C)(C)CCCC(=O)ON1C(=O)CCC1=O. The molecule has 2 heterocycles. The van der Waals surface area contributed by atoms with Crippen LogP contribution in [0, 0.1) is 0 Å². The van der Waals surface area contributed by atoms with Gasteiger partial charge in [0.05, 0.1) is 0 Å². The summed E-state index contributed by atoms with van der Waals surface area (Å²) in [6.07, 6.45) is 1.44. The molecule has 4 amide bonds. The van der Waals surface area contributed by atoms with Gasteiger partial charge in [0.2, 0.25) is 0 Å². The highest BCUT2D eigenvalue weighted by Gasteiger charge is 2.35. The summed E-state index contributed by atoms with van der Waals surface area (Å²) in [5, 5.41) is 1.11. The minimum absolute atomic E-state index is 0.0613. The van der Waals surface area contributed by atoms with Gasteiger partial charge >= 0.3 is 11.9 Å². The molecule has 0 atom stereocenters. The van der Waals surface area contributed by atoms with Crippen LogP contribution in [0.15, 0.2) is 0 Å². The Balaban J connectivity index is 1.68. The second-order valence-electron chi connectivity index (χ2n) is 9.42. The molecule has 0 saturated carbocycles. The minimum atomic E-state index is -2.11. The normalized spacial score (nSPS) is 17.2. The molecule has 0 aromatic heterocycles. The standard InChI is InChI=1S/C20H32N2O9Si2/c1-32(2,13-5-7-19(27)29-21-15(23)9-10-16(21)24)31-33(3,4)14-6-8-20(28)30-22-17(25)11-12-18(22)26/h5-14H2,1-4H3. The molecule has 0 aromatic rings. The van der Waals surface area contributed by atoms with Crippen molar-refractivity contribution in [3.05, 3.63) is 0 Å². The summed E-state index contributed by atoms with van der Waals surface area (Å²) in [6, 6.07) is 1.39. The third-order valence-corrected chi connectivity index (χ3v) is 12.8. The van der Waals surface area contributed by atoms with E-state index in [1.54, 1.807) is 0 Å². The van der Waals surface area contributed by atoms with Gasteiger partial charge in [-0.05, 0) is 51.1 Å². The van der Waals surface area contributed by atoms with Crippen LogP contribution in [0.5, 0.6) is 0 Å². The van der Waals surface area contributed by atoms with Gasteiger partial charge in [0, 0.05) is 38.5 Å². The molecule has 13 heteroatoms. The first-order valence-corrected chi connectivity index (χ1v) is 17.4. The smallest absolute Gasteiger partial charge is 0.333 e. The van der Waals surface area contributed by atoms with Crippen LogP contribution >= 0.6 is 0 Å². The molecule has 2 fully saturated rings. The molecule has 0 bridgehead atoms. The van der Waals surface area contributed by atoms with Crippen molar-refractivity contribution in [2.75, 3.05) is 0 Å². The fourth-order valence-corrected chi connectivity index (χ4v) is 12.6. The highest BCUT2D eigenvalue weighted by molar-refractivity contribution is 6.84. The monoisotopic (exact) mass is 500 g/mol. The van der Waals surface area contributed by atoms with Crippen LogP contribution in [0.4, 0.5) is 0 Å². The number of hydrogen-bond donors (Lipinski definition) is 0. The van der Waals surface area contributed by atoms with Crippen molar-refractivity contribution in [2.24, 2.45) is 0 Å². The number of amides is 4. The van der Waals surface area contributed by atoms with Gasteiger partial charge in [-0.1, -0.05) is 0 Å². The second kappa shape index (κ2) is 11.2. The summed E-state index contributed by atoms with van der Waals surface area (Å²) in [4.78, 5) is 79.7. The lowest BCUT2D eigenvalue weighted by molar-refractivity contribution is -0.197. The number of nitrogens with zero attached hydrogens (tertiary/aromatic N) is 2. The molecular formula is C20H32N2O9Si2. The number of carbonyl (C=O) groups excluding carboxylic acids is 6. The molecule has 0 aliphatic carbocycles. The molecular weight excluding hydrogens is 468 g/mol. The molecule has 0 unspecified atom stereocenters. The lowest BCUT2D eigenvalue weighted by Gasteiger charge is -2.34. The van der Waals surface area contributed by atoms with Gasteiger partial charge in [-0.3, -0.25) is 19.2 Å². The summed E-state index contributed by atoms with van der Waals surface area (Å²) in [7, 11) is -4.22. The van der Waals surface area contributed by atoms with Crippen molar-refractivity contribution >= 4 is 52.2 Å². The zero-order valence-electron chi connectivity index (χ0n) is 19.6. The van der Waals surface area contributed by atoms with Crippen molar-refractivity contribution in [1.29, 1.82) is 0 Å². The average molecular weight is 501 g/mol. The van der Waals surface area contributed by atoms with Crippen molar-refractivity contribution < 1.29 is 42.6 Å². The van der Waals surface area contributed by atoms with Gasteiger partial charge in [-0.25, -0.2) is 9.59 Å². The van der Waals surface area contributed by atoms with E-state index in [0.717, 1.165) is 0 Å². The molecule has 11 nitrogen and oxygen atoms in total. The molecule has 2 aliphatic rings. The highest BCUT2D eigenvalue weighted by Crippen LogP contribution is 2.25. The van der Waals surface area contributed by atoms with Gasteiger partial charge in [0.15, 0.2) is 16.6 Å². The zero-order valence-corrected chi connectivity index (χ0v) is 21.6. The Hall–Kier alpha value is -2.39. The number of hydroxylamine groups is 4. The lowest BCUT2D eigenvalue weighted by Crippen LogP contribution is -2.44. The molecule has 2 aliphatic heterocycles. The molecule has 33 heavy (non-hydrogen) atoms. The van der Waals surface area contributed by atoms with E-state index in [1.165, 1.54) is 0 Å². The second-order valence-corrected chi connectivity index (χ2v) is 18.3. The molecule has 0 radical (unpaired) electrons. The maximum absolute atomic E-state index is 12.0. The lowest BCUT2D eigenvalue weighted by atomic mass is 10.3. The Kier molecular flexibility index (Phi) is 9.08. The predicted octanol–water partition coefficient (Wildman–Crippen LogP) is 2.19. The third-order valence-electron chi connectivity index (χ3n) is 5.27. The Morgan fingerprint density at radius 2 is 0.970 bits per heavy atom. The van der Waals surface area contributed by atoms with Crippen molar-refractivity contribution in [2.45, 2.75) is 89.6 Å². The molecule has 0 N–H and O–H groups in total. The van der Waals surface area contributed by atoms with Crippen LogP contribution < -0.4 is 0 Å². The number of imide groups is 2. The van der Waals surface area contributed by atoms with E-state index in [0.29, 0.717) is 35.1 Å². The van der Waals surface area contributed by atoms with Gasteiger partial charge in [-0.15, -0.1) is 10.1 Å². The van der Waals surface area contributed by atoms with Crippen LogP contribution in [0.25, 0.3) is 0 Å². The third kappa shape index (κ3) is 8.48. The minimum Gasteiger partial charge on any atom is -0.455 e. The average Bonchev–Trinajstić information content (AvgIpc) is 3.17. The summed E-state index contributed by atoms with van der Waals surface area (Å²) in [5.41, 5.74) is 0. The predicted molar refractivity (Wildman–Crippen MR) is 118 cm³/mol. The summed E-state index contributed by atoms with van der Waals surface area (Å²) >= 11 is 0. The molecule has 0 aromatic carbocycles. The topological polar surface area (TPSA) is 137 Å². The van der Waals surface area contributed by atoms with Gasteiger partial charge in [-0.2, -0.15) is 0 Å². The largest absolute Gasteiger partial charge is 0.455 e. The first-order valence-electron chi connectivity index (χ1n) is 11.1.